The van der Waals surface area contributed by atoms with Gasteiger partial charge in [0.05, 0.1) is 7.11 Å². The van der Waals surface area contributed by atoms with Crippen LogP contribution in [0.4, 0.5) is 0 Å². The number of nitrogens with zero attached hydrogens (tertiary/aromatic N) is 2. The molecule has 0 aromatic heterocycles. The van der Waals surface area contributed by atoms with E-state index in [1.165, 1.54) is 57.9 Å². The number of ether oxygens (including phenoxy) is 1. The molecule has 206 valence electrons. The van der Waals surface area contributed by atoms with Crippen molar-refractivity contribution in [2.45, 2.75) is 64.1 Å². The highest BCUT2D eigenvalue weighted by atomic mass is 32.2. The Morgan fingerprint density at radius 2 is 1.84 bits per heavy atom. The van der Waals surface area contributed by atoms with E-state index in [0.717, 1.165) is 42.1 Å². The second kappa shape index (κ2) is 14.2. The average molecular weight is 538 g/mol. The summed E-state index contributed by atoms with van der Waals surface area (Å²) in [5, 5.41) is 2.95. The first kappa shape index (κ1) is 28.7. The summed E-state index contributed by atoms with van der Waals surface area (Å²) in [5.74, 6) is 0.114. The predicted octanol–water partition coefficient (Wildman–Crippen LogP) is 5.14. The molecule has 2 aliphatic heterocycles. The van der Waals surface area contributed by atoms with Crippen LogP contribution in [-0.2, 0) is 16.1 Å². The minimum absolute atomic E-state index is 0.240. The van der Waals surface area contributed by atoms with Gasteiger partial charge in [0.25, 0.3) is 5.91 Å². The summed E-state index contributed by atoms with van der Waals surface area (Å²) in [4.78, 5) is 31.2. The van der Waals surface area contributed by atoms with Crippen LogP contribution in [0.5, 0.6) is 0 Å². The Morgan fingerprint density at radius 1 is 1.05 bits per heavy atom. The van der Waals surface area contributed by atoms with Crippen LogP contribution >= 0.6 is 11.8 Å². The fraction of sp³-hybridized carbons (Fsp3) is 0.548. The van der Waals surface area contributed by atoms with Crippen LogP contribution in [0.1, 0.15) is 60.0 Å². The molecule has 2 atom stereocenters. The third-order valence-electron chi connectivity index (χ3n) is 7.97. The van der Waals surface area contributed by atoms with E-state index < -0.39 is 12.0 Å². The molecule has 2 aromatic carbocycles. The van der Waals surface area contributed by atoms with E-state index in [1.54, 1.807) is 11.8 Å². The zero-order valence-corrected chi connectivity index (χ0v) is 24.0. The van der Waals surface area contributed by atoms with Gasteiger partial charge in [0, 0.05) is 24.7 Å². The van der Waals surface area contributed by atoms with Crippen LogP contribution < -0.4 is 5.32 Å². The molecule has 7 heteroatoms. The molecule has 4 rings (SSSR count). The Morgan fingerprint density at radius 3 is 2.58 bits per heavy atom. The zero-order valence-electron chi connectivity index (χ0n) is 23.2. The Kier molecular flexibility index (Phi) is 10.7. The number of aryl methyl sites for hydroxylation is 1. The summed E-state index contributed by atoms with van der Waals surface area (Å²) in [5.41, 5.74) is 4.89. The maximum atomic E-state index is 13.5. The van der Waals surface area contributed by atoms with Gasteiger partial charge in [-0.3, -0.25) is 9.69 Å². The molecule has 1 N–H and O–H groups in total. The molecule has 38 heavy (non-hydrogen) atoms. The number of carbonyl (C=O) groups excluding carboxylic acids is 2. The Bertz CT molecular complexity index is 1090. The van der Waals surface area contributed by atoms with Gasteiger partial charge in [0.2, 0.25) is 0 Å². The topological polar surface area (TPSA) is 61.9 Å². The van der Waals surface area contributed by atoms with E-state index in [1.807, 2.05) is 24.5 Å². The smallest absolute Gasteiger partial charge is 0.328 e. The molecular formula is C31H43N3O3S. The molecule has 0 spiro atoms. The highest BCUT2D eigenvalue weighted by molar-refractivity contribution is 7.98. The quantitative estimate of drug-likeness (QED) is 0.401. The highest BCUT2D eigenvalue weighted by Gasteiger charge is 2.28. The summed E-state index contributed by atoms with van der Waals surface area (Å²) in [6.45, 7) is 7.71. The van der Waals surface area contributed by atoms with E-state index in [2.05, 4.69) is 46.3 Å². The Labute approximate surface area is 232 Å². The summed E-state index contributed by atoms with van der Waals surface area (Å²) < 4.78 is 4.97. The molecular weight excluding hydrogens is 494 g/mol. The fourth-order valence-corrected chi connectivity index (χ4v) is 6.30. The molecule has 6 nitrogen and oxygen atoms in total. The lowest BCUT2D eigenvalue weighted by molar-refractivity contribution is -0.142. The third kappa shape index (κ3) is 7.39. The van der Waals surface area contributed by atoms with Crippen molar-refractivity contribution >= 4 is 23.6 Å². The van der Waals surface area contributed by atoms with Gasteiger partial charge in [0.15, 0.2) is 0 Å². The van der Waals surface area contributed by atoms with Gasteiger partial charge in [-0.15, -0.1) is 0 Å². The number of benzene rings is 2. The van der Waals surface area contributed by atoms with Crippen molar-refractivity contribution in [2.75, 3.05) is 45.3 Å². The van der Waals surface area contributed by atoms with Crippen molar-refractivity contribution in [1.29, 1.82) is 0 Å². The number of hydrogen-bond donors (Lipinski definition) is 1. The second-order valence-electron chi connectivity index (χ2n) is 10.7. The molecule has 2 fully saturated rings. The van der Waals surface area contributed by atoms with Crippen LogP contribution in [0.3, 0.4) is 0 Å². The molecule has 2 saturated heterocycles. The van der Waals surface area contributed by atoms with Crippen molar-refractivity contribution in [1.82, 2.24) is 15.1 Å². The van der Waals surface area contributed by atoms with Crippen molar-refractivity contribution in [3.05, 3.63) is 59.2 Å². The van der Waals surface area contributed by atoms with Crippen molar-refractivity contribution < 1.29 is 14.3 Å². The van der Waals surface area contributed by atoms with Crippen molar-refractivity contribution in [3.8, 4) is 11.1 Å². The van der Waals surface area contributed by atoms with Gasteiger partial charge in [0.1, 0.15) is 6.04 Å². The largest absolute Gasteiger partial charge is 0.467 e. The van der Waals surface area contributed by atoms with Gasteiger partial charge in [-0.05, 0) is 105 Å². The number of piperidine rings is 1. The molecule has 0 saturated carbocycles. The van der Waals surface area contributed by atoms with Gasteiger partial charge < -0.3 is 15.0 Å². The van der Waals surface area contributed by atoms with Gasteiger partial charge in [-0.2, -0.15) is 11.8 Å². The van der Waals surface area contributed by atoms with Gasteiger partial charge in [-0.25, -0.2) is 4.79 Å². The van der Waals surface area contributed by atoms with E-state index in [4.69, 9.17) is 4.74 Å². The van der Waals surface area contributed by atoms with Crippen molar-refractivity contribution in [2.24, 2.45) is 0 Å². The first-order valence-corrected chi connectivity index (χ1v) is 15.4. The molecule has 0 aliphatic carbocycles. The molecule has 0 radical (unpaired) electrons. The highest BCUT2D eigenvalue weighted by Crippen LogP contribution is 2.30. The number of carbonyl (C=O) groups is 2. The Hall–Kier alpha value is -2.35. The molecule has 2 unspecified atom stereocenters. The average Bonchev–Trinajstić information content (AvgIpc) is 3.37. The molecule has 0 bridgehead atoms. The molecule has 2 aliphatic rings. The first-order chi connectivity index (χ1) is 18.5. The van der Waals surface area contributed by atoms with Crippen LogP contribution in [0.15, 0.2) is 42.5 Å². The molecule has 2 aromatic rings. The SMILES string of the molecule is COC(=O)C(CCSC)NC(=O)c1ccc(CN2CCCC2CN2CCCCC2)cc1-c1ccccc1C. The van der Waals surface area contributed by atoms with E-state index in [9.17, 15) is 9.59 Å². The van der Waals surface area contributed by atoms with Gasteiger partial charge >= 0.3 is 5.97 Å². The van der Waals surface area contributed by atoms with E-state index in [0.29, 0.717) is 18.0 Å². The standard InChI is InChI=1S/C31H43N3O3S/c1-23-10-5-6-12-26(23)28-20-24(21-34-18-9-11-25(34)22-33-16-7-4-8-17-33)13-14-27(28)30(35)32-29(15-19-38-3)31(36)37-2/h5-6,10,12-14,20,25,29H,4,7-9,11,15-19,21-22H2,1-3H3,(H,32,35). The van der Waals surface area contributed by atoms with Crippen molar-refractivity contribution in [3.63, 3.8) is 0 Å². The monoisotopic (exact) mass is 537 g/mol. The number of esters is 1. The fourth-order valence-electron chi connectivity index (χ4n) is 5.83. The van der Waals surface area contributed by atoms with Crippen LogP contribution in [0, 0.1) is 6.92 Å². The number of likely N-dealkylation sites (tertiary alicyclic amines) is 2. The minimum Gasteiger partial charge on any atom is -0.467 e. The third-order valence-corrected chi connectivity index (χ3v) is 8.61. The number of amides is 1. The predicted molar refractivity (Wildman–Crippen MR) is 157 cm³/mol. The first-order valence-electron chi connectivity index (χ1n) is 14.0. The van der Waals surface area contributed by atoms with E-state index >= 15 is 0 Å². The number of methoxy groups -OCH3 is 1. The normalized spacial score (nSPS) is 19.3. The summed E-state index contributed by atoms with van der Waals surface area (Å²) >= 11 is 1.64. The van der Waals surface area contributed by atoms with Crippen LogP contribution in [-0.4, -0.2) is 79.1 Å². The number of rotatable bonds is 11. The van der Waals surface area contributed by atoms with Crippen LogP contribution in [0.25, 0.3) is 11.1 Å². The number of hydrogen-bond acceptors (Lipinski definition) is 6. The lowest BCUT2D eigenvalue weighted by Gasteiger charge is -2.33. The second-order valence-corrected chi connectivity index (χ2v) is 11.6. The number of nitrogens with one attached hydrogen (secondary N) is 1. The maximum Gasteiger partial charge on any atom is 0.328 e. The van der Waals surface area contributed by atoms with E-state index in [-0.39, 0.29) is 5.91 Å². The summed E-state index contributed by atoms with van der Waals surface area (Å²) in [6.07, 6.45) is 9.04. The number of thioether (sulfide) groups is 1. The van der Waals surface area contributed by atoms with Crippen LogP contribution in [0.2, 0.25) is 0 Å². The molecule has 2 heterocycles. The maximum absolute atomic E-state index is 13.5. The van der Waals surface area contributed by atoms with Gasteiger partial charge in [-0.1, -0.05) is 36.8 Å². The molecule has 1 amide bonds. The zero-order chi connectivity index (χ0) is 26.9. The summed E-state index contributed by atoms with van der Waals surface area (Å²) in [6, 6.07) is 14.3. The Balaban J connectivity index is 1.57. The minimum atomic E-state index is -0.663. The lowest BCUT2D eigenvalue weighted by atomic mass is 9.93. The lowest BCUT2D eigenvalue weighted by Crippen LogP contribution is -2.42. The summed E-state index contributed by atoms with van der Waals surface area (Å²) in [7, 11) is 1.37.